The third kappa shape index (κ3) is 2.11. The van der Waals surface area contributed by atoms with Gasteiger partial charge in [0.25, 0.3) is 5.91 Å². The highest BCUT2D eigenvalue weighted by Crippen LogP contribution is 2.42. The van der Waals surface area contributed by atoms with Crippen LogP contribution < -0.4 is 5.73 Å². The van der Waals surface area contributed by atoms with Crippen LogP contribution in [0.4, 0.5) is 4.39 Å². The average molecular weight is 266 g/mol. The van der Waals surface area contributed by atoms with Crippen molar-refractivity contribution in [1.29, 1.82) is 0 Å². The molecule has 0 radical (unpaired) electrons. The Balaban J connectivity index is 1.86. The number of halogens is 1. The van der Waals surface area contributed by atoms with Crippen LogP contribution >= 0.6 is 0 Å². The summed E-state index contributed by atoms with van der Waals surface area (Å²) in [5.41, 5.74) is 5.66. The quantitative estimate of drug-likeness (QED) is 0.892. The molecule has 0 unspecified atom stereocenters. The fourth-order valence-corrected chi connectivity index (χ4v) is 2.59. The van der Waals surface area contributed by atoms with E-state index in [4.69, 9.17) is 10.2 Å². The molecule has 6 heteroatoms. The molecule has 2 heterocycles. The molecule has 5 nitrogen and oxygen atoms in total. The third-order valence-electron chi connectivity index (χ3n) is 3.71. The molecule has 2 aliphatic rings. The van der Waals surface area contributed by atoms with Gasteiger partial charge in [-0.05, 0) is 18.9 Å². The summed E-state index contributed by atoms with van der Waals surface area (Å²) in [5, 5.41) is 0. The van der Waals surface area contributed by atoms with Crippen LogP contribution in [-0.4, -0.2) is 35.5 Å². The van der Waals surface area contributed by atoms with Crippen LogP contribution in [0.5, 0.6) is 0 Å². The second kappa shape index (κ2) is 4.36. The molecule has 1 aliphatic carbocycles. The van der Waals surface area contributed by atoms with E-state index in [0.717, 1.165) is 12.8 Å². The summed E-state index contributed by atoms with van der Waals surface area (Å²) in [5.74, 6) is -0.0927. The van der Waals surface area contributed by atoms with Crippen molar-refractivity contribution in [2.75, 3.05) is 6.54 Å². The minimum absolute atomic E-state index is 0.0162. The van der Waals surface area contributed by atoms with Crippen molar-refractivity contribution in [3.63, 3.8) is 0 Å². The van der Waals surface area contributed by atoms with Crippen LogP contribution in [0.25, 0.3) is 0 Å². The van der Waals surface area contributed by atoms with Gasteiger partial charge in [0.1, 0.15) is 18.0 Å². The molecule has 1 aromatic heterocycles. The van der Waals surface area contributed by atoms with E-state index in [9.17, 15) is 14.0 Å². The molecule has 1 aliphatic heterocycles. The van der Waals surface area contributed by atoms with Gasteiger partial charge in [0.2, 0.25) is 5.91 Å². The van der Waals surface area contributed by atoms with Crippen molar-refractivity contribution in [3.8, 4) is 0 Å². The van der Waals surface area contributed by atoms with Gasteiger partial charge in [0, 0.05) is 12.3 Å². The first-order valence-corrected chi connectivity index (χ1v) is 6.39. The van der Waals surface area contributed by atoms with Crippen LogP contribution in [0.15, 0.2) is 16.7 Å². The lowest BCUT2D eigenvalue weighted by molar-refractivity contribution is -0.121. The monoisotopic (exact) mass is 266 g/mol. The van der Waals surface area contributed by atoms with Crippen molar-refractivity contribution >= 4 is 11.8 Å². The first kappa shape index (κ1) is 12.2. The van der Waals surface area contributed by atoms with Crippen LogP contribution in [0.2, 0.25) is 0 Å². The molecule has 1 saturated heterocycles. The molecule has 19 heavy (non-hydrogen) atoms. The number of carbonyl (C=O) groups excluding carboxylic acids is 2. The Kier molecular flexibility index (Phi) is 2.80. The lowest BCUT2D eigenvalue weighted by Gasteiger charge is -2.21. The Morgan fingerprint density at radius 3 is 2.79 bits per heavy atom. The molecule has 2 atom stereocenters. The lowest BCUT2D eigenvalue weighted by Crippen LogP contribution is -2.43. The van der Waals surface area contributed by atoms with E-state index < -0.39 is 18.1 Å². The molecule has 0 aromatic carbocycles. The molecule has 2 fully saturated rings. The molecule has 0 spiro atoms. The molecular formula is C13H15FN2O3. The van der Waals surface area contributed by atoms with Crippen LogP contribution in [0.1, 0.15) is 41.3 Å². The fourth-order valence-electron chi connectivity index (χ4n) is 2.59. The van der Waals surface area contributed by atoms with E-state index in [-0.39, 0.29) is 24.8 Å². The van der Waals surface area contributed by atoms with Gasteiger partial charge in [-0.2, -0.15) is 0 Å². The zero-order chi connectivity index (χ0) is 13.6. The summed E-state index contributed by atoms with van der Waals surface area (Å²) >= 11 is 0. The number of alkyl halides is 1. The van der Waals surface area contributed by atoms with Gasteiger partial charge < -0.3 is 15.1 Å². The predicted octanol–water partition coefficient (Wildman–Crippen LogP) is 1.19. The first-order valence-electron chi connectivity index (χ1n) is 6.39. The van der Waals surface area contributed by atoms with Crippen LogP contribution in [0, 0.1) is 0 Å². The summed E-state index contributed by atoms with van der Waals surface area (Å²) in [7, 11) is 0. The maximum atomic E-state index is 13.4. The first-order chi connectivity index (χ1) is 9.08. The number of hydrogen-bond acceptors (Lipinski definition) is 3. The van der Waals surface area contributed by atoms with E-state index in [1.54, 1.807) is 6.07 Å². The van der Waals surface area contributed by atoms with Crippen molar-refractivity contribution in [3.05, 3.63) is 23.7 Å². The van der Waals surface area contributed by atoms with Gasteiger partial charge in [0.05, 0.1) is 18.4 Å². The SMILES string of the molecule is NC(=O)[C@@H]1C[C@@H](F)CN1C(=O)c1ccoc1C1CC1. The molecular weight excluding hydrogens is 251 g/mol. The van der Waals surface area contributed by atoms with Gasteiger partial charge in [0.15, 0.2) is 0 Å². The number of nitrogens with zero attached hydrogens (tertiary/aromatic N) is 1. The highest BCUT2D eigenvalue weighted by atomic mass is 19.1. The van der Waals surface area contributed by atoms with Gasteiger partial charge in [-0.25, -0.2) is 4.39 Å². The van der Waals surface area contributed by atoms with Crippen LogP contribution in [-0.2, 0) is 4.79 Å². The Bertz CT molecular complexity index is 524. The van der Waals surface area contributed by atoms with Crippen LogP contribution in [0.3, 0.4) is 0 Å². The van der Waals surface area contributed by atoms with E-state index in [0.29, 0.717) is 11.3 Å². The summed E-state index contributed by atoms with van der Waals surface area (Å²) in [6, 6.07) is 0.726. The Hall–Kier alpha value is -1.85. The highest BCUT2D eigenvalue weighted by molar-refractivity contribution is 5.98. The number of amides is 2. The normalized spacial score (nSPS) is 26.7. The fraction of sp³-hybridized carbons (Fsp3) is 0.538. The summed E-state index contributed by atoms with van der Waals surface area (Å²) in [6.45, 7) is -0.0816. The summed E-state index contributed by atoms with van der Waals surface area (Å²) < 4.78 is 18.8. The topological polar surface area (TPSA) is 76.5 Å². The molecule has 2 N–H and O–H groups in total. The number of primary amides is 1. The van der Waals surface area contributed by atoms with E-state index in [1.807, 2.05) is 0 Å². The minimum Gasteiger partial charge on any atom is -0.468 e. The number of furan rings is 1. The van der Waals surface area contributed by atoms with Gasteiger partial charge in [-0.3, -0.25) is 9.59 Å². The molecule has 1 saturated carbocycles. The molecule has 3 rings (SSSR count). The van der Waals surface area contributed by atoms with Gasteiger partial charge in [-0.15, -0.1) is 0 Å². The molecule has 1 aromatic rings. The zero-order valence-electron chi connectivity index (χ0n) is 10.3. The minimum atomic E-state index is -1.20. The maximum Gasteiger partial charge on any atom is 0.258 e. The van der Waals surface area contributed by atoms with E-state index >= 15 is 0 Å². The van der Waals surface area contributed by atoms with Crippen molar-refractivity contribution in [2.45, 2.75) is 37.4 Å². The molecule has 102 valence electrons. The Morgan fingerprint density at radius 1 is 1.42 bits per heavy atom. The third-order valence-corrected chi connectivity index (χ3v) is 3.71. The molecule has 2 amide bonds. The van der Waals surface area contributed by atoms with E-state index in [2.05, 4.69) is 0 Å². The van der Waals surface area contributed by atoms with Crippen molar-refractivity contribution < 1.29 is 18.4 Å². The van der Waals surface area contributed by atoms with Crippen molar-refractivity contribution in [1.82, 2.24) is 4.90 Å². The predicted molar refractivity (Wildman–Crippen MR) is 64.2 cm³/mol. The van der Waals surface area contributed by atoms with E-state index in [1.165, 1.54) is 11.2 Å². The largest absolute Gasteiger partial charge is 0.468 e. The molecule has 0 bridgehead atoms. The second-order valence-corrected chi connectivity index (χ2v) is 5.18. The second-order valence-electron chi connectivity index (χ2n) is 5.18. The Morgan fingerprint density at radius 2 is 2.16 bits per heavy atom. The summed E-state index contributed by atoms with van der Waals surface area (Å²) in [4.78, 5) is 24.9. The zero-order valence-corrected chi connectivity index (χ0v) is 10.3. The Labute approximate surface area is 109 Å². The number of rotatable bonds is 3. The lowest BCUT2D eigenvalue weighted by atomic mass is 10.1. The number of nitrogens with two attached hydrogens (primary N) is 1. The number of carbonyl (C=O) groups is 2. The maximum absolute atomic E-state index is 13.4. The average Bonchev–Trinajstić information content (AvgIpc) is 2.96. The number of hydrogen-bond donors (Lipinski definition) is 1. The standard InChI is InChI=1S/C13H15FN2O3/c14-8-5-10(12(15)17)16(6-8)13(18)9-3-4-19-11(9)7-1-2-7/h3-4,7-8,10H,1-2,5-6H2,(H2,15,17)/t8-,10+/m1/s1. The number of likely N-dealkylation sites (tertiary alicyclic amines) is 1. The highest BCUT2D eigenvalue weighted by Gasteiger charge is 2.41. The smallest absolute Gasteiger partial charge is 0.258 e. The van der Waals surface area contributed by atoms with Crippen molar-refractivity contribution in [2.24, 2.45) is 5.73 Å². The van der Waals surface area contributed by atoms with Gasteiger partial charge in [-0.1, -0.05) is 0 Å². The summed E-state index contributed by atoms with van der Waals surface area (Å²) in [6.07, 6.45) is 2.25. The van der Waals surface area contributed by atoms with Gasteiger partial charge >= 0.3 is 0 Å².